The third-order valence-electron chi connectivity index (χ3n) is 5.60. The summed E-state index contributed by atoms with van der Waals surface area (Å²) in [5, 5.41) is 9.81. The molecule has 3 aromatic heterocycles. The molecule has 1 fully saturated rings. The molecule has 0 spiro atoms. The number of hydrogen-bond acceptors (Lipinski definition) is 4. The van der Waals surface area contributed by atoms with Gasteiger partial charge in [0.05, 0.1) is 5.69 Å². The number of H-pyrrole nitrogens is 1. The predicted octanol–water partition coefficient (Wildman–Crippen LogP) is 4.09. The van der Waals surface area contributed by atoms with Gasteiger partial charge in [0.25, 0.3) is 0 Å². The number of aliphatic imine (C=N–C) groups is 1. The van der Waals surface area contributed by atoms with Crippen molar-refractivity contribution in [3.8, 4) is 0 Å². The van der Waals surface area contributed by atoms with Gasteiger partial charge in [0, 0.05) is 29.8 Å². The second-order valence-electron chi connectivity index (χ2n) is 7.35. The summed E-state index contributed by atoms with van der Waals surface area (Å²) in [4.78, 5) is 12.3. The third-order valence-corrected chi connectivity index (χ3v) is 5.60. The van der Waals surface area contributed by atoms with Gasteiger partial charge in [-0.25, -0.2) is 13.9 Å². The Kier molecular flexibility index (Phi) is 4.35. The van der Waals surface area contributed by atoms with Crippen LogP contribution in [0.4, 0.5) is 4.39 Å². The summed E-state index contributed by atoms with van der Waals surface area (Å²) < 4.78 is 14.7. The molecule has 1 aromatic carbocycles. The first-order valence-electron chi connectivity index (χ1n) is 9.71. The summed E-state index contributed by atoms with van der Waals surface area (Å²) in [6, 6.07) is 8.72. The van der Waals surface area contributed by atoms with Gasteiger partial charge in [0.2, 0.25) is 0 Å². The lowest BCUT2D eigenvalue weighted by Gasteiger charge is -2.21. The fourth-order valence-electron chi connectivity index (χ4n) is 4.07. The van der Waals surface area contributed by atoms with Crippen molar-refractivity contribution < 1.29 is 4.39 Å². The van der Waals surface area contributed by atoms with Gasteiger partial charge in [-0.15, -0.1) is 5.10 Å². The number of nitrogens with one attached hydrogen (secondary N) is 1. The molecular formula is C21H21FN6. The van der Waals surface area contributed by atoms with Gasteiger partial charge in [-0.1, -0.05) is 17.3 Å². The van der Waals surface area contributed by atoms with Crippen molar-refractivity contribution >= 4 is 22.3 Å². The van der Waals surface area contributed by atoms with Crippen LogP contribution in [0.5, 0.6) is 0 Å². The molecule has 1 aliphatic rings. The molecule has 7 heteroatoms. The van der Waals surface area contributed by atoms with Gasteiger partial charge >= 0.3 is 0 Å². The van der Waals surface area contributed by atoms with Crippen molar-refractivity contribution in [2.45, 2.75) is 38.0 Å². The lowest BCUT2D eigenvalue weighted by Crippen LogP contribution is -2.14. The molecule has 3 heterocycles. The Morgan fingerprint density at radius 1 is 1.14 bits per heavy atom. The highest BCUT2D eigenvalue weighted by atomic mass is 19.1. The molecule has 4 aromatic rings. The zero-order valence-electron chi connectivity index (χ0n) is 15.5. The Bertz CT molecular complexity index is 1130. The number of fused-ring (bicyclic) bond motifs is 3. The van der Waals surface area contributed by atoms with Crippen molar-refractivity contribution in [3.05, 3.63) is 59.9 Å². The minimum atomic E-state index is -0.192. The van der Waals surface area contributed by atoms with E-state index >= 15 is 0 Å². The molecule has 0 amide bonds. The van der Waals surface area contributed by atoms with E-state index in [1.807, 2.05) is 24.4 Å². The van der Waals surface area contributed by atoms with Crippen LogP contribution in [0.2, 0.25) is 0 Å². The van der Waals surface area contributed by atoms with Crippen LogP contribution in [0.15, 0.2) is 47.8 Å². The molecule has 0 unspecified atom stereocenters. The quantitative estimate of drug-likeness (QED) is 0.583. The third kappa shape index (κ3) is 3.17. The van der Waals surface area contributed by atoms with Crippen LogP contribution < -0.4 is 0 Å². The number of hydrogen-bond donors (Lipinski definition) is 1. The number of halogens is 1. The largest absolute Gasteiger partial charge is 0.346 e. The van der Waals surface area contributed by atoms with E-state index in [2.05, 4.69) is 20.3 Å². The molecule has 28 heavy (non-hydrogen) atoms. The molecule has 6 nitrogen and oxygen atoms in total. The second-order valence-corrected chi connectivity index (χ2v) is 7.35. The summed E-state index contributed by atoms with van der Waals surface area (Å²) in [7, 11) is 0. The van der Waals surface area contributed by atoms with E-state index in [1.165, 1.54) is 17.8 Å². The number of aromatic nitrogens is 5. The lowest BCUT2D eigenvalue weighted by atomic mass is 9.85. The Hall–Kier alpha value is -3.09. The van der Waals surface area contributed by atoms with Crippen LogP contribution in [0.3, 0.4) is 0 Å². The summed E-state index contributed by atoms with van der Waals surface area (Å²) >= 11 is 0. The summed E-state index contributed by atoms with van der Waals surface area (Å²) in [5.74, 6) is 0.205. The number of rotatable bonds is 4. The summed E-state index contributed by atoms with van der Waals surface area (Å²) in [6.07, 6.45) is 8.54. The van der Waals surface area contributed by atoms with E-state index in [1.54, 1.807) is 10.8 Å². The molecule has 0 aliphatic heterocycles. The molecule has 5 rings (SSSR count). The average molecular weight is 376 g/mol. The molecule has 1 aliphatic carbocycles. The van der Waals surface area contributed by atoms with Gasteiger partial charge in [-0.3, -0.25) is 4.99 Å². The Morgan fingerprint density at radius 3 is 2.79 bits per heavy atom. The molecule has 0 radical (unpaired) electrons. The zero-order chi connectivity index (χ0) is 18.9. The first-order valence-corrected chi connectivity index (χ1v) is 9.71. The van der Waals surface area contributed by atoms with Gasteiger partial charge in [0.1, 0.15) is 23.3 Å². The minimum absolute atomic E-state index is 0.192. The Morgan fingerprint density at radius 2 is 1.96 bits per heavy atom. The van der Waals surface area contributed by atoms with E-state index < -0.39 is 0 Å². The smallest absolute Gasteiger partial charge is 0.141 e. The maximum atomic E-state index is 13.0. The average Bonchev–Trinajstić information content (AvgIpc) is 3.36. The maximum Gasteiger partial charge on any atom is 0.141 e. The van der Waals surface area contributed by atoms with Crippen LogP contribution in [0.1, 0.15) is 42.9 Å². The van der Waals surface area contributed by atoms with Crippen LogP contribution in [0.25, 0.3) is 16.6 Å². The Balaban J connectivity index is 1.26. The molecule has 0 bridgehead atoms. The number of aromatic amines is 1. The standard InChI is InChI=1S/C21H21FN6/c22-16-5-1-14(2-6-16)9-11-23-17-7-3-15(4-8-17)19-20-18-10-12-24-21(18)25-13-28(20)27-26-19/h1-2,5-6,10,12-13,15,24H,3-4,7-9,11H2. The van der Waals surface area contributed by atoms with E-state index in [4.69, 9.17) is 4.99 Å². The normalized spacial score (nSPS) is 17.5. The Labute approximate surface area is 161 Å². The maximum absolute atomic E-state index is 13.0. The van der Waals surface area contributed by atoms with Crippen LogP contribution in [0, 0.1) is 5.82 Å². The minimum Gasteiger partial charge on any atom is -0.346 e. The predicted molar refractivity (Wildman–Crippen MR) is 106 cm³/mol. The van der Waals surface area contributed by atoms with Crippen LogP contribution >= 0.6 is 0 Å². The summed E-state index contributed by atoms with van der Waals surface area (Å²) in [5.41, 5.74) is 5.41. The molecule has 142 valence electrons. The molecule has 0 saturated heterocycles. The highest BCUT2D eigenvalue weighted by Gasteiger charge is 2.24. The van der Waals surface area contributed by atoms with Crippen molar-refractivity contribution in [1.29, 1.82) is 0 Å². The number of benzene rings is 1. The first kappa shape index (κ1) is 17.0. The van der Waals surface area contributed by atoms with E-state index in [0.717, 1.165) is 66.5 Å². The SMILES string of the molecule is Fc1ccc(CCN=C2CCC(c3nnn4cnc5[nH]ccc5c34)CC2)cc1. The van der Waals surface area contributed by atoms with Crippen molar-refractivity contribution in [2.24, 2.45) is 4.99 Å². The van der Waals surface area contributed by atoms with Gasteiger partial charge < -0.3 is 4.98 Å². The van der Waals surface area contributed by atoms with E-state index in [-0.39, 0.29) is 5.82 Å². The molecule has 1 N–H and O–H groups in total. The summed E-state index contributed by atoms with van der Waals surface area (Å²) in [6.45, 7) is 0.760. The van der Waals surface area contributed by atoms with E-state index in [9.17, 15) is 4.39 Å². The fourth-order valence-corrected chi connectivity index (χ4v) is 4.07. The highest BCUT2D eigenvalue weighted by Crippen LogP contribution is 2.34. The second kappa shape index (κ2) is 7.14. The highest BCUT2D eigenvalue weighted by molar-refractivity contribution is 5.93. The van der Waals surface area contributed by atoms with Crippen molar-refractivity contribution in [2.75, 3.05) is 6.54 Å². The van der Waals surface area contributed by atoms with Crippen LogP contribution in [-0.4, -0.2) is 37.1 Å². The fraction of sp³-hybridized carbons (Fsp3) is 0.333. The van der Waals surface area contributed by atoms with Crippen molar-refractivity contribution in [1.82, 2.24) is 24.8 Å². The van der Waals surface area contributed by atoms with Crippen molar-refractivity contribution in [3.63, 3.8) is 0 Å². The van der Waals surface area contributed by atoms with Crippen LogP contribution in [-0.2, 0) is 6.42 Å². The number of nitrogens with zero attached hydrogens (tertiary/aromatic N) is 5. The van der Waals surface area contributed by atoms with Gasteiger partial charge in [0.15, 0.2) is 0 Å². The molecule has 1 saturated carbocycles. The molecular weight excluding hydrogens is 355 g/mol. The monoisotopic (exact) mass is 376 g/mol. The topological polar surface area (TPSA) is 71.2 Å². The lowest BCUT2D eigenvalue weighted by molar-refractivity contribution is 0.553. The first-order chi connectivity index (χ1) is 13.8. The van der Waals surface area contributed by atoms with E-state index in [0.29, 0.717) is 5.92 Å². The zero-order valence-corrected chi connectivity index (χ0v) is 15.5. The van der Waals surface area contributed by atoms with Gasteiger partial charge in [-0.05, 0) is 55.9 Å². The molecule has 0 atom stereocenters. The van der Waals surface area contributed by atoms with Gasteiger partial charge in [-0.2, -0.15) is 0 Å².